The summed E-state index contributed by atoms with van der Waals surface area (Å²) in [5, 5.41) is 8.42. The third-order valence-electron chi connectivity index (χ3n) is 1.92. The highest BCUT2D eigenvalue weighted by Gasteiger charge is 2.08. The van der Waals surface area contributed by atoms with Crippen molar-refractivity contribution in [3.05, 3.63) is 40.3 Å². The molecule has 0 radical (unpaired) electrons. The minimum Gasteiger partial charge on any atom is -0.225 e. The highest BCUT2D eigenvalue weighted by Crippen LogP contribution is 2.18. The van der Waals surface area contributed by atoms with Gasteiger partial charge in [0.05, 0.1) is 10.9 Å². The SMILES string of the molecule is C[C@H](N=[N+]=[N-])c1ccc(S(N)(=O)=O)cc1. The lowest BCUT2D eigenvalue weighted by molar-refractivity contribution is 0.597. The maximum Gasteiger partial charge on any atom is 0.238 e. The molecule has 0 aromatic heterocycles. The highest BCUT2D eigenvalue weighted by atomic mass is 32.2. The van der Waals surface area contributed by atoms with E-state index in [1.165, 1.54) is 12.1 Å². The van der Waals surface area contributed by atoms with Gasteiger partial charge in [-0.3, -0.25) is 0 Å². The van der Waals surface area contributed by atoms with Gasteiger partial charge in [-0.15, -0.1) is 0 Å². The molecule has 0 heterocycles. The maximum absolute atomic E-state index is 10.9. The van der Waals surface area contributed by atoms with Crippen LogP contribution in [0.25, 0.3) is 10.4 Å². The second-order valence-corrected chi connectivity index (χ2v) is 4.56. The van der Waals surface area contributed by atoms with Crippen molar-refractivity contribution in [2.75, 3.05) is 0 Å². The van der Waals surface area contributed by atoms with E-state index < -0.39 is 10.0 Å². The second-order valence-electron chi connectivity index (χ2n) is 2.99. The van der Waals surface area contributed by atoms with Crippen molar-refractivity contribution in [3.8, 4) is 0 Å². The smallest absolute Gasteiger partial charge is 0.225 e. The molecule has 0 bridgehead atoms. The summed E-state index contributed by atoms with van der Waals surface area (Å²) in [7, 11) is -3.66. The molecule has 0 aliphatic rings. The summed E-state index contributed by atoms with van der Waals surface area (Å²) < 4.78 is 21.9. The van der Waals surface area contributed by atoms with Crippen molar-refractivity contribution in [1.29, 1.82) is 0 Å². The molecule has 6 nitrogen and oxygen atoms in total. The molecule has 2 N–H and O–H groups in total. The van der Waals surface area contributed by atoms with Gasteiger partial charge >= 0.3 is 0 Å². The average Bonchev–Trinajstić information content (AvgIpc) is 2.17. The zero-order valence-corrected chi connectivity index (χ0v) is 8.85. The van der Waals surface area contributed by atoms with Crippen molar-refractivity contribution in [2.45, 2.75) is 17.9 Å². The number of nitrogens with zero attached hydrogens (tertiary/aromatic N) is 3. The molecular weight excluding hydrogens is 216 g/mol. The van der Waals surface area contributed by atoms with Crippen molar-refractivity contribution < 1.29 is 8.42 Å². The summed E-state index contributed by atoms with van der Waals surface area (Å²) in [5.41, 5.74) is 8.96. The number of hydrogen-bond donors (Lipinski definition) is 1. The van der Waals surface area contributed by atoms with Crippen LogP contribution in [-0.2, 0) is 10.0 Å². The van der Waals surface area contributed by atoms with E-state index in [-0.39, 0.29) is 10.9 Å². The highest BCUT2D eigenvalue weighted by molar-refractivity contribution is 7.89. The Morgan fingerprint density at radius 2 is 1.93 bits per heavy atom. The van der Waals surface area contributed by atoms with E-state index in [0.29, 0.717) is 0 Å². The first kappa shape index (κ1) is 11.5. The molecule has 0 aliphatic heterocycles. The molecule has 0 unspecified atom stereocenters. The van der Waals surface area contributed by atoms with Crippen LogP contribution < -0.4 is 5.14 Å². The fourth-order valence-electron chi connectivity index (χ4n) is 1.08. The summed E-state index contributed by atoms with van der Waals surface area (Å²) in [6.07, 6.45) is 0. The topological polar surface area (TPSA) is 109 Å². The Hall–Kier alpha value is -1.56. The number of benzene rings is 1. The van der Waals surface area contributed by atoms with Crippen LogP contribution in [0.2, 0.25) is 0 Å². The van der Waals surface area contributed by atoms with Gasteiger partial charge in [0, 0.05) is 4.91 Å². The molecule has 0 saturated heterocycles. The molecule has 0 aliphatic carbocycles. The molecule has 15 heavy (non-hydrogen) atoms. The van der Waals surface area contributed by atoms with Crippen LogP contribution in [0.5, 0.6) is 0 Å². The summed E-state index contributed by atoms with van der Waals surface area (Å²) in [6, 6.07) is 5.57. The molecule has 1 aromatic rings. The number of azide groups is 1. The number of primary sulfonamides is 1. The fraction of sp³-hybridized carbons (Fsp3) is 0.250. The maximum atomic E-state index is 10.9. The number of rotatable bonds is 3. The minimum absolute atomic E-state index is 0.0411. The Labute approximate surface area is 87.4 Å². The Morgan fingerprint density at radius 1 is 1.40 bits per heavy atom. The Morgan fingerprint density at radius 3 is 2.33 bits per heavy atom. The van der Waals surface area contributed by atoms with E-state index in [4.69, 9.17) is 10.7 Å². The van der Waals surface area contributed by atoms with Gasteiger partial charge in [0.2, 0.25) is 10.0 Å². The molecule has 80 valence electrons. The average molecular weight is 226 g/mol. The standard InChI is InChI=1S/C8H10N4O2S/c1-6(11-12-9)7-2-4-8(5-3-7)15(10,13)14/h2-6H,1H3,(H2,10,13,14)/t6-/m0/s1. The van der Waals surface area contributed by atoms with Crippen LogP contribution >= 0.6 is 0 Å². The number of sulfonamides is 1. The zero-order chi connectivity index (χ0) is 11.5. The second kappa shape index (κ2) is 4.31. The van der Waals surface area contributed by atoms with Crippen LogP contribution in [-0.4, -0.2) is 8.42 Å². The van der Waals surface area contributed by atoms with E-state index in [9.17, 15) is 8.42 Å². The largest absolute Gasteiger partial charge is 0.238 e. The summed E-state index contributed by atoms with van der Waals surface area (Å²) in [4.78, 5) is 2.71. The Kier molecular flexibility index (Phi) is 3.31. The summed E-state index contributed by atoms with van der Waals surface area (Å²) >= 11 is 0. The third-order valence-corrected chi connectivity index (χ3v) is 2.85. The molecule has 0 fully saturated rings. The molecular formula is C8H10N4O2S. The monoisotopic (exact) mass is 226 g/mol. The van der Waals surface area contributed by atoms with E-state index in [1.807, 2.05) is 0 Å². The van der Waals surface area contributed by atoms with Gasteiger partial charge in [-0.25, -0.2) is 13.6 Å². The van der Waals surface area contributed by atoms with Crippen LogP contribution in [0.4, 0.5) is 0 Å². The molecule has 0 spiro atoms. The van der Waals surface area contributed by atoms with Crippen molar-refractivity contribution >= 4 is 10.0 Å². The number of nitrogens with two attached hydrogens (primary N) is 1. The van der Waals surface area contributed by atoms with E-state index in [2.05, 4.69) is 10.0 Å². The first-order valence-corrected chi connectivity index (χ1v) is 5.67. The van der Waals surface area contributed by atoms with Gasteiger partial charge in [0.1, 0.15) is 0 Å². The van der Waals surface area contributed by atoms with Gasteiger partial charge in [-0.2, -0.15) is 0 Å². The quantitative estimate of drug-likeness (QED) is 0.480. The predicted molar refractivity (Wildman–Crippen MR) is 55.4 cm³/mol. The fourth-order valence-corrected chi connectivity index (χ4v) is 1.60. The van der Waals surface area contributed by atoms with Crippen LogP contribution in [0.3, 0.4) is 0 Å². The number of hydrogen-bond acceptors (Lipinski definition) is 3. The van der Waals surface area contributed by atoms with E-state index in [0.717, 1.165) is 5.56 Å². The zero-order valence-electron chi connectivity index (χ0n) is 8.03. The Balaban J connectivity index is 3.05. The Bertz CT molecular complexity index is 488. The van der Waals surface area contributed by atoms with Gasteiger partial charge in [-0.05, 0) is 23.2 Å². The lowest BCUT2D eigenvalue weighted by Gasteiger charge is -2.05. The third kappa shape index (κ3) is 2.95. The van der Waals surface area contributed by atoms with Crippen LogP contribution in [0, 0.1) is 0 Å². The molecule has 1 atom stereocenters. The lowest BCUT2D eigenvalue weighted by atomic mass is 10.1. The van der Waals surface area contributed by atoms with E-state index in [1.54, 1.807) is 19.1 Å². The van der Waals surface area contributed by atoms with Gasteiger partial charge < -0.3 is 0 Å². The first-order valence-electron chi connectivity index (χ1n) is 4.12. The van der Waals surface area contributed by atoms with Crippen LogP contribution in [0.15, 0.2) is 34.3 Å². The van der Waals surface area contributed by atoms with Gasteiger partial charge in [0.25, 0.3) is 0 Å². The molecule has 0 saturated carbocycles. The normalized spacial score (nSPS) is 12.9. The molecule has 0 amide bonds. The predicted octanol–water partition coefficient (Wildman–Crippen LogP) is 1.71. The summed E-state index contributed by atoms with van der Waals surface area (Å²) in [5.74, 6) is 0. The molecule has 1 aromatic carbocycles. The van der Waals surface area contributed by atoms with Gasteiger partial charge in [0.15, 0.2) is 0 Å². The summed E-state index contributed by atoms with van der Waals surface area (Å²) in [6.45, 7) is 1.71. The molecule has 1 rings (SSSR count). The first-order chi connectivity index (χ1) is 6.95. The van der Waals surface area contributed by atoms with Gasteiger partial charge in [-0.1, -0.05) is 24.2 Å². The lowest BCUT2D eigenvalue weighted by Crippen LogP contribution is -2.11. The molecule has 7 heteroatoms. The van der Waals surface area contributed by atoms with Crippen molar-refractivity contribution in [1.82, 2.24) is 0 Å². The minimum atomic E-state index is -3.66. The van der Waals surface area contributed by atoms with Crippen molar-refractivity contribution in [3.63, 3.8) is 0 Å². The van der Waals surface area contributed by atoms with E-state index >= 15 is 0 Å². The van der Waals surface area contributed by atoms with Crippen molar-refractivity contribution in [2.24, 2.45) is 10.3 Å². The van der Waals surface area contributed by atoms with Crippen LogP contribution in [0.1, 0.15) is 18.5 Å².